The summed E-state index contributed by atoms with van der Waals surface area (Å²) in [5, 5.41) is 4.43. The minimum Gasteiger partial charge on any atom is -0.300 e. The molecule has 0 saturated carbocycles. The number of aromatic nitrogens is 4. The highest BCUT2D eigenvalue weighted by molar-refractivity contribution is 5.51. The van der Waals surface area contributed by atoms with Gasteiger partial charge in [-0.25, -0.2) is 14.6 Å². The molecule has 0 spiro atoms. The van der Waals surface area contributed by atoms with Gasteiger partial charge in [0.05, 0.1) is 11.9 Å². The Morgan fingerprint density at radius 1 is 1.04 bits per heavy atom. The van der Waals surface area contributed by atoms with Gasteiger partial charge in [-0.1, -0.05) is 18.6 Å². The first-order valence-corrected chi connectivity index (χ1v) is 10.3. The lowest BCUT2D eigenvalue weighted by molar-refractivity contribution is 0.0975. The van der Waals surface area contributed by atoms with Gasteiger partial charge in [-0.15, -0.1) is 0 Å². The Balaban J connectivity index is 1.28. The minimum absolute atomic E-state index is 0.620. The molecule has 0 aliphatic carbocycles. The van der Waals surface area contributed by atoms with E-state index in [9.17, 15) is 0 Å². The first-order chi connectivity index (χ1) is 13.3. The maximum absolute atomic E-state index is 4.43. The van der Waals surface area contributed by atoms with Crippen LogP contribution in [-0.2, 0) is 0 Å². The average molecular weight is 367 g/mol. The zero-order valence-corrected chi connectivity index (χ0v) is 16.3. The van der Waals surface area contributed by atoms with Gasteiger partial charge >= 0.3 is 0 Å². The van der Waals surface area contributed by atoms with Crippen molar-refractivity contribution in [2.45, 2.75) is 45.1 Å². The molecular weight excluding hydrogens is 336 g/mol. The van der Waals surface area contributed by atoms with Crippen LogP contribution in [0.4, 0.5) is 0 Å². The Morgan fingerprint density at radius 2 is 1.78 bits per heavy atom. The molecule has 0 bridgehead atoms. The lowest BCUT2D eigenvalue weighted by Gasteiger charge is -2.40. The molecule has 2 aromatic rings. The number of hydrogen-bond donors (Lipinski definition) is 0. The van der Waals surface area contributed by atoms with Gasteiger partial charge in [-0.2, -0.15) is 5.10 Å². The fraction of sp³-hybridized carbons (Fsp3) is 0.571. The molecule has 0 N–H and O–H groups in total. The minimum atomic E-state index is 0.620. The molecule has 2 aromatic heterocycles. The van der Waals surface area contributed by atoms with Crippen LogP contribution in [0.3, 0.4) is 0 Å². The summed E-state index contributed by atoms with van der Waals surface area (Å²) in [6.07, 6.45) is 16.7. The van der Waals surface area contributed by atoms with Crippen LogP contribution in [0.25, 0.3) is 12.0 Å². The third-order valence-corrected chi connectivity index (χ3v) is 5.91. The van der Waals surface area contributed by atoms with E-state index in [0.29, 0.717) is 5.95 Å². The summed E-state index contributed by atoms with van der Waals surface area (Å²) >= 11 is 0. The van der Waals surface area contributed by atoms with Crippen LogP contribution >= 0.6 is 0 Å². The lowest BCUT2D eigenvalue weighted by Crippen LogP contribution is -2.46. The number of hydrogen-bond acceptors (Lipinski definition) is 5. The molecule has 4 rings (SSSR count). The molecule has 2 saturated heterocycles. The van der Waals surface area contributed by atoms with Gasteiger partial charge in [0.15, 0.2) is 0 Å². The van der Waals surface area contributed by atoms with E-state index in [1.165, 1.54) is 58.3 Å². The predicted octanol–water partition coefficient (Wildman–Crippen LogP) is 2.93. The quantitative estimate of drug-likeness (QED) is 0.814. The number of rotatable bonds is 5. The first kappa shape index (κ1) is 18.3. The van der Waals surface area contributed by atoms with Crippen molar-refractivity contribution < 1.29 is 0 Å². The van der Waals surface area contributed by atoms with Crippen LogP contribution in [0.15, 0.2) is 30.7 Å². The van der Waals surface area contributed by atoms with Crippen molar-refractivity contribution in [1.29, 1.82) is 0 Å². The van der Waals surface area contributed by atoms with Crippen molar-refractivity contribution in [3.05, 3.63) is 42.0 Å². The number of nitrogens with zero attached hydrogens (tertiary/aromatic N) is 6. The third kappa shape index (κ3) is 4.45. The summed E-state index contributed by atoms with van der Waals surface area (Å²) in [5.74, 6) is 0.620. The van der Waals surface area contributed by atoms with Crippen molar-refractivity contribution in [3.63, 3.8) is 0 Å². The van der Waals surface area contributed by atoms with Crippen molar-refractivity contribution >= 4 is 6.08 Å². The first-order valence-electron chi connectivity index (χ1n) is 10.3. The molecule has 0 unspecified atom stereocenters. The molecule has 6 heteroatoms. The molecule has 0 aromatic carbocycles. The van der Waals surface area contributed by atoms with Gasteiger partial charge in [-0.3, -0.25) is 4.90 Å². The topological polar surface area (TPSA) is 50.1 Å². The van der Waals surface area contributed by atoms with E-state index >= 15 is 0 Å². The van der Waals surface area contributed by atoms with Crippen molar-refractivity contribution in [3.8, 4) is 5.95 Å². The molecular formula is C21H30N6. The van der Waals surface area contributed by atoms with E-state index in [-0.39, 0.29) is 0 Å². The molecule has 2 aliphatic rings. The zero-order chi connectivity index (χ0) is 18.5. The van der Waals surface area contributed by atoms with Gasteiger partial charge in [0.2, 0.25) is 0 Å². The summed E-state index contributed by atoms with van der Waals surface area (Å²) in [7, 11) is 0. The second-order valence-corrected chi connectivity index (χ2v) is 7.68. The zero-order valence-electron chi connectivity index (χ0n) is 16.3. The van der Waals surface area contributed by atoms with E-state index < -0.39 is 0 Å². The molecule has 0 radical (unpaired) electrons. The summed E-state index contributed by atoms with van der Waals surface area (Å²) in [6.45, 7) is 8.13. The third-order valence-electron chi connectivity index (χ3n) is 5.91. The lowest BCUT2D eigenvalue weighted by atomic mass is 10.00. The predicted molar refractivity (Wildman–Crippen MR) is 108 cm³/mol. The molecule has 0 atom stereocenters. The van der Waals surface area contributed by atoms with E-state index in [0.717, 1.165) is 23.8 Å². The van der Waals surface area contributed by atoms with Crippen LogP contribution < -0.4 is 0 Å². The molecule has 4 heterocycles. The Labute approximate surface area is 161 Å². The number of piperidine rings is 2. The normalized spacial score (nSPS) is 20.5. The van der Waals surface area contributed by atoms with Crippen LogP contribution in [0.1, 0.15) is 43.4 Å². The van der Waals surface area contributed by atoms with Crippen molar-refractivity contribution in [2.75, 3.05) is 32.7 Å². The molecule has 2 fully saturated rings. The highest BCUT2D eigenvalue weighted by atomic mass is 15.3. The van der Waals surface area contributed by atoms with Crippen LogP contribution in [-0.4, -0.2) is 68.3 Å². The molecule has 6 nitrogen and oxygen atoms in total. The highest BCUT2D eigenvalue weighted by Crippen LogP contribution is 2.21. The van der Waals surface area contributed by atoms with Gasteiger partial charge in [0.1, 0.15) is 0 Å². The van der Waals surface area contributed by atoms with E-state index in [1.54, 1.807) is 17.1 Å². The maximum Gasteiger partial charge on any atom is 0.250 e. The number of likely N-dealkylation sites (tertiary alicyclic amines) is 2. The van der Waals surface area contributed by atoms with Crippen LogP contribution in [0.2, 0.25) is 0 Å². The summed E-state index contributed by atoms with van der Waals surface area (Å²) in [5.41, 5.74) is 2.20. The van der Waals surface area contributed by atoms with E-state index in [2.05, 4.69) is 43.9 Å². The van der Waals surface area contributed by atoms with Crippen molar-refractivity contribution in [1.82, 2.24) is 29.5 Å². The van der Waals surface area contributed by atoms with Crippen molar-refractivity contribution in [2.24, 2.45) is 0 Å². The largest absolute Gasteiger partial charge is 0.300 e. The molecule has 2 aliphatic heterocycles. The molecule has 0 amide bonds. The van der Waals surface area contributed by atoms with Crippen LogP contribution in [0.5, 0.6) is 0 Å². The molecule has 144 valence electrons. The summed E-state index contributed by atoms with van der Waals surface area (Å²) in [6, 6.07) is 2.63. The summed E-state index contributed by atoms with van der Waals surface area (Å²) < 4.78 is 1.80. The van der Waals surface area contributed by atoms with Gasteiger partial charge in [-0.05, 0) is 64.9 Å². The highest BCUT2D eigenvalue weighted by Gasteiger charge is 2.24. The van der Waals surface area contributed by atoms with Gasteiger partial charge in [0, 0.05) is 30.5 Å². The van der Waals surface area contributed by atoms with Gasteiger partial charge < -0.3 is 4.90 Å². The second kappa shape index (κ2) is 8.76. The van der Waals surface area contributed by atoms with E-state index in [1.807, 2.05) is 12.3 Å². The fourth-order valence-corrected chi connectivity index (χ4v) is 4.27. The smallest absolute Gasteiger partial charge is 0.250 e. The SMILES string of the molecule is Cc1c(C=CCN2CCC(N3CCCCC3)CC2)cnn1-c1ncccn1. The van der Waals surface area contributed by atoms with Gasteiger partial charge in [0.25, 0.3) is 5.95 Å². The Morgan fingerprint density at radius 3 is 2.52 bits per heavy atom. The Bertz CT molecular complexity index is 739. The van der Waals surface area contributed by atoms with E-state index in [4.69, 9.17) is 0 Å². The fourth-order valence-electron chi connectivity index (χ4n) is 4.27. The Hall–Kier alpha value is -2.05. The molecule has 27 heavy (non-hydrogen) atoms. The van der Waals surface area contributed by atoms with Crippen LogP contribution in [0, 0.1) is 6.92 Å². The Kier molecular flexibility index (Phi) is 5.94. The monoisotopic (exact) mass is 366 g/mol. The maximum atomic E-state index is 4.43. The summed E-state index contributed by atoms with van der Waals surface area (Å²) in [4.78, 5) is 13.9. The standard InChI is InChI=1S/C21H30N6/c1-18-19(17-24-27(18)21-22-10-6-11-23-21)7-5-12-25-15-8-20(9-16-25)26-13-3-2-4-14-26/h5-7,10-11,17,20H,2-4,8-9,12-16H2,1H3. The average Bonchev–Trinajstić information content (AvgIpc) is 3.10. The second-order valence-electron chi connectivity index (χ2n) is 7.68.